The Morgan fingerprint density at radius 2 is 1.61 bits per heavy atom. The van der Waals surface area contributed by atoms with Gasteiger partial charge in [0.15, 0.2) is 0 Å². The predicted octanol–water partition coefficient (Wildman–Crippen LogP) is 5.06. The lowest BCUT2D eigenvalue weighted by Crippen LogP contribution is -2.42. The first-order chi connectivity index (χ1) is 17.5. The maximum atomic E-state index is 14.5. The van der Waals surface area contributed by atoms with E-state index in [0.717, 1.165) is 5.56 Å². The van der Waals surface area contributed by atoms with Crippen LogP contribution in [0.3, 0.4) is 0 Å². The van der Waals surface area contributed by atoms with E-state index in [0.29, 0.717) is 29.0 Å². The summed E-state index contributed by atoms with van der Waals surface area (Å²) in [5, 5.41) is 2.97. The van der Waals surface area contributed by atoms with Gasteiger partial charge < -0.3 is 19.7 Å². The number of carbonyl (C=O) groups excluding carboxylic acids is 2. The Hall–Kier alpha value is -4.13. The minimum absolute atomic E-state index is 0.0906. The van der Waals surface area contributed by atoms with E-state index >= 15 is 0 Å². The number of nitrogens with one attached hydrogen (secondary N) is 1. The standard InChI is InChI=1S/C29H29FN2O4/c1-35-24-14-10-20(11-15-24)27-9-5-7-23(31-29(34)21-12-16-25(36-2)17-13-21)18-28(33)32(27)19-22-6-3-4-8-26(22)30/h3-6,8-17,23,27H,7,18-19H2,1-2H3,(H,31,34)/b9-5-/t23-,27+/m0/s1. The summed E-state index contributed by atoms with van der Waals surface area (Å²) in [6.45, 7) is 0.103. The Balaban J connectivity index is 1.59. The Morgan fingerprint density at radius 3 is 2.25 bits per heavy atom. The monoisotopic (exact) mass is 488 g/mol. The van der Waals surface area contributed by atoms with Crippen molar-refractivity contribution in [3.8, 4) is 11.5 Å². The molecular weight excluding hydrogens is 459 g/mol. The number of ether oxygens (including phenoxy) is 2. The van der Waals surface area contributed by atoms with Crippen LogP contribution in [-0.4, -0.2) is 37.0 Å². The smallest absolute Gasteiger partial charge is 0.251 e. The van der Waals surface area contributed by atoms with Gasteiger partial charge in [0.1, 0.15) is 17.3 Å². The summed E-state index contributed by atoms with van der Waals surface area (Å²) < 4.78 is 24.9. The molecule has 2 amide bonds. The van der Waals surface area contributed by atoms with E-state index in [9.17, 15) is 14.0 Å². The van der Waals surface area contributed by atoms with Gasteiger partial charge in [-0.15, -0.1) is 0 Å². The average Bonchev–Trinajstić information content (AvgIpc) is 2.90. The molecule has 3 aromatic carbocycles. The summed E-state index contributed by atoms with van der Waals surface area (Å²) in [6, 6.07) is 19.9. The van der Waals surface area contributed by atoms with Gasteiger partial charge in [0.05, 0.1) is 20.3 Å². The van der Waals surface area contributed by atoms with Crippen molar-refractivity contribution in [2.45, 2.75) is 31.5 Å². The third kappa shape index (κ3) is 5.92. The molecule has 0 fully saturated rings. The molecule has 0 saturated carbocycles. The van der Waals surface area contributed by atoms with E-state index in [4.69, 9.17) is 9.47 Å². The van der Waals surface area contributed by atoms with Crippen LogP contribution >= 0.6 is 0 Å². The molecule has 0 saturated heterocycles. The maximum absolute atomic E-state index is 14.5. The molecule has 1 aliphatic heterocycles. The summed E-state index contributed by atoms with van der Waals surface area (Å²) in [5.74, 6) is 0.556. The molecule has 36 heavy (non-hydrogen) atoms. The van der Waals surface area contributed by atoms with Crippen molar-refractivity contribution < 1.29 is 23.5 Å². The minimum Gasteiger partial charge on any atom is -0.497 e. The van der Waals surface area contributed by atoms with Gasteiger partial charge in [-0.1, -0.05) is 42.5 Å². The van der Waals surface area contributed by atoms with Crippen LogP contribution in [0.2, 0.25) is 0 Å². The van der Waals surface area contributed by atoms with Crippen molar-refractivity contribution >= 4 is 11.8 Å². The molecule has 6 nitrogen and oxygen atoms in total. The zero-order valence-corrected chi connectivity index (χ0v) is 20.3. The average molecular weight is 489 g/mol. The first-order valence-corrected chi connectivity index (χ1v) is 11.8. The molecule has 0 spiro atoms. The van der Waals surface area contributed by atoms with Crippen molar-refractivity contribution in [2.75, 3.05) is 14.2 Å². The number of carbonyl (C=O) groups is 2. The van der Waals surface area contributed by atoms with E-state index in [2.05, 4.69) is 5.32 Å². The van der Waals surface area contributed by atoms with Crippen molar-refractivity contribution in [2.24, 2.45) is 0 Å². The van der Waals surface area contributed by atoms with Crippen LogP contribution in [0.4, 0.5) is 4.39 Å². The number of rotatable bonds is 7. The second-order valence-electron chi connectivity index (χ2n) is 8.60. The topological polar surface area (TPSA) is 67.9 Å². The lowest BCUT2D eigenvalue weighted by Gasteiger charge is -2.34. The highest BCUT2D eigenvalue weighted by Gasteiger charge is 2.29. The van der Waals surface area contributed by atoms with Gasteiger partial charge in [-0.05, 0) is 54.4 Å². The van der Waals surface area contributed by atoms with Gasteiger partial charge in [0.2, 0.25) is 5.91 Å². The Kier molecular flexibility index (Phi) is 8.00. The summed E-state index contributed by atoms with van der Waals surface area (Å²) in [7, 11) is 3.16. The van der Waals surface area contributed by atoms with Crippen LogP contribution in [0.25, 0.3) is 0 Å². The van der Waals surface area contributed by atoms with Crippen molar-refractivity contribution in [3.05, 3.63) is 107 Å². The number of benzene rings is 3. The molecule has 2 atom stereocenters. The van der Waals surface area contributed by atoms with Gasteiger partial charge in [0.25, 0.3) is 5.91 Å². The third-order valence-corrected chi connectivity index (χ3v) is 6.26. The fourth-order valence-electron chi connectivity index (χ4n) is 4.25. The van der Waals surface area contributed by atoms with Crippen molar-refractivity contribution in [1.82, 2.24) is 10.2 Å². The van der Waals surface area contributed by atoms with Crippen LogP contribution in [-0.2, 0) is 11.3 Å². The Morgan fingerprint density at radius 1 is 0.972 bits per heavy atom. The first-order valence-electron chi connectivity index (χ1n) is 11.8. The number of methoxy groups -OCH3 is 2. The van der Waals surface area contributed by atoms with E-state index in [1.54, 1.807) is 61.6 Å². The van der Waals surface area contributed by atoms with Gasteiger partial charge >= 0.3 is 0 Å². The van der Waals surface area contributed by atoms with E-state index in [1.807, 2.05) is 36.4 Å². The summed E-state index contributed by atoms with van der Waals surface area (Å²) in [6.07, 6.45) is 4.49. The predicted molar refractivity (Wildman–Crippen MR) is 135 cm³/mol. The fourth-order valence-corrected chi connectivity index (χ4v) is 4.25. The van der Waals surface area contributed by atoms with Crippen LogP contribution in [0.15, 0.2) is 84.9 Å². The highest BCUT2D eigenvalue weighted by atomic mass is 19.1. The molecule has 0 unspecified atom stereocenters. The molecule has 0 aromatic heterocycles. The van der Waals surface area contributed by atoms with Crippen LogP contribution in [0.5, 0.6) is 11.5 Å². The summed E-state index contributed by atoms with van der Waals surface area (Å²) in [4.78, 5) is 28.1. The molecule has 1 heterocycles. The lowest BCUT2D eigenvalue weighted by molar-refractivity contribution is -0.134. The van der Waals surface area contributed by atoms with Gasteiger partial charge in [-0.3, -0.25) is 9.59 Å². The first kappa shape index (κ1) is 25.0. The molecule has 0 aliphatic carbocycles. The van der Waals surface area contributed by atoms with Crippen LogP contribution in [0.1, 0.15) is 40.4 Å². The van der Waals surface area contributed by atoms with E-state index < -0.39 is 6.04 Å². The zero-order valence-electron chi connectivity index (χ0n) is 20.3. The molecular formula is C29H29FN2O4. The highest BCUT2D eigenvalue weighted by Crippen LogP contribution is 2.30. The number of nitrogens with zero attached hydrogens (tertiary/aromatic N) is 1. The second-order valence-corrected chi connectivity index (χ2v) is 8.60. The fraction of sp³-hybridized carbons (Fsp3) is 0.241. The van der Waals surface area contributed by atoms with E-state index in [1.165, 1.54) is 6.07 Å². The number of amides is 2. The van der Waals surface area contributed by atoms with Gasteiger partial charge in [-0.2, -0.15) is 0 Å². The van der Waals surface area contributed by atoms with E-state index in [-0.39, 0.29) is 36.6 Å². The number of hydrogen-bond donors (Lipinski definition) is 1. The molecule has 186 valence electrons. The van der Waals surface area contributed by atoms with Crippen LogP contribution in [0, 0.1) is 5.82 Å². The van der Waals surface area contributed by atoms with Gasteiger partial charge in [-0.25, -0.2) is 4.39 Å². The highest BCUT2D eigenvalue weighted by molar-refractivity contribution is 5.94. The SMILES string of the molecule is COc1ccc(C(=O)N[C@H]2C/C=C\[C@H](c3ccc(OC)cc3)N(Cc3ccccc3F)C(=O)C2)cc1. The molecule has 4 rings (SSSR count). The molecule has 3 aromatic rings. The lowest BCUT2D eigenvalue weighted by atomic mass is 9.97. The number of halogens is 1. The summed E-state index contributed by atoms with van der Waals surface area (Å²) >= 11 is 0. The summed E-state index contributed by atoms with van der Waals surface area (Å²) in [5.41, 5.74) is 1.79. The number of hydrogen-bond acceptors (Lipinski definition) is 4. The Bertz CT molecular complexity index is 1220. The third-order valence-electron chi connectivity index (χ3n) is 6.26. The van der Waals surface area contributed by atoms with Gasteiger partial charge in [0, 0.05) is 30.1 Å². The van der Waals surface area contributed by atoms with Crippen molar-refractivity contribution in [3.63, 3.8) is 0 Å². The molecule has 1 N–H and O–H groups in total. The quantitative estimate of drug-likeness (QED) is 0.472. The zero-order chi connectivity index (χ0) is 25.5. The Labute approximate surface area is 210 Å². The molecule has 0 bridgehead atoms. The normalized spacial score (nSPS) is 18.6. The van der Waals surface area contributed by atoms with Crippen molar-refractivity contribution in [1.29, 1.82) is 0 Å². The molecule has 7 heteroatoms. The largest absolute Gasteiger partial charge is 0.497 e. The van der Waals surface area contributed by atoms with Crippen LogP contribution < -0.4 is 14.8 Å². The molecule has 1 aliphatic rings. The minimum atomic E-state index is -0.400. The second kappa shape index (κ2) is 11.5. The maximum Gasteiger partial charge on any atom is 0.251 e. The molecule has 0 radical (unpaired) electrons.